The topological polar surface area (TPSA) is 132 Å². The van der Waals surface area contributed by atoms with Crippen LogP contribution in [-0.2, 0) is 4.74 Å². The van der Waals surface area contributed by atoms with Crippen LogP contribution in [0.3, 0.4) is 0 Å². The lowest BCUT2D eigenvalue weighted by Gasteiger charge is -2.25. The van der Waals surface area contributed by atoms with Gasteiger partial charge in [0.2, 0.25) is 0 Å². The van der Waals surface area contributed by atoms with Crippen molar-refractivity contribution in [2.24, 2.45) is 0 Å². The van der Waals surface area contributed by atoms with Gasteiger partial charge in [0.25, 0.3) is 0 Å². The smallest absolute Gasteiger partial charge is 0.181 e. The number of rotatable bonds is 2. The van der Waals surface area contributed by atoms with E-state index in [4.69, 9.17) is 21.3 Å². The molecule has 21 heavy (non-hydrogen) atoms. The quantitative estimate of drug-likeness (QED) is 0.591. The molecule has 0 unspecified atom stereocenters. The maximum atomic E-state index is 14.8. The van der Waals surface area contributed by atoms with Gasteiger partial charge in [-0.05, 0) is 6.92 Å². The first kappa shape index (κ1) is 14.0. The first-order chi connectivity index (χ1) is 9.87. The van der Waals surface area contributed by atoms with Crippen molar-refractivity contribution < 1.29 is 19.3 Å². The van der Waals surface area contributed by atoms with Crippen molar-refractivity contribution in [2.75, 3.05) is 18.1 Å². The van der Waals surface area contributed by atoms with Crippen molar-refractivity contribution in [1.29, 1.82) is 0 Å². The molecule has 1 aliphatic heterocycles. The Morgan fingerprint density at radius 2 is 2.19 bits per heavy atom. The second-order valence-corrected chi connectivity index (χ2v) is 5.25. The summed E-state index contributed by atoms with van der Waals surface area (Å²) in [5.74, 6) is 0.175. The second-order valence-electron chi connectivity index (χ2n) is 5.25. The number of aliphatic hydroxyl groups excluding tert-OH is 2. The van der Waals surface area contributed by atoms with E-state index in [0.29, 0.717) is 11.0 Å². The van der Waals surface area contributed by atoms with Crippen LogP contribution in [0.15, 0.2) is 12.5 Å². The monoisotopic (exact) mass is 297 g/mol. The van der Waals surface area contributed by atoms with E-state index in [1.165, 1.54) is 24.0 Å². The summed E-state index contributed by atoms with van der Waals surface area (Å²) in [6.07, 6.45) is -1.00. The fourth-order valence-electron chi connectivity index (χ4n) is 2.68. The Kier molecular flexibility index (Phi) is 3.01. The lowest BCUT2D eigenvalue weighted by atomic mass is 9.98. The number of aromatic nitrogens is 3. The molecule has 114 valence electrons. The van der Waals surface area contributed by atoms with Gasteiger partial charge >= 0.3 is 0 Å². The van der Waals surface area contributed by atoms with Gasteiger partial charge in [-0.3, -0.25) is 0 Å². The average Bonchev–Trinajstić information content (AvgIpc) is 2.87. The van der Waals surface area contributed by atoms with Crippen molar-refractivity contribution in [1.82, 2.24) is 14.5 Å². The number of nitrogens with two attached hydrogens (primary N) is 2. The zero-order valence-electron chi connectivity index (χ0n) is 11.3. The van der Waals surface area contributed by atoms with E-state index >= 15 is 0 Å². The molecule has 3 heterocycles. The van der Waals surface area contributed by atoms with Crippen LogP contribution in [0.25, 0.3) is 11.0 Å². The molecular weight excluding hydrogens is 281 g/mol. The minimum Gasteiger partial charge on any atom is -0.397 e. The van der Waals surface area contributed by atoms with E-state index in [9.17, 15) is 9.50 Å². The zero-order chi connectivity index (χ0) is 15.4. The SMILES string of the molecule is C[C@@]1(F)[C@H](O)[C@@H](CO)O[C@H]1n1cc(N)c2c(N)ncnc21. The van der Waals surface area contributed by atoms with Gasteiger partial charge in [0.1, 0.15) is 30.0 Å². The van der Waals surface area contributed by atoms with Crippen LogP contribution in [0, 0.1) is 0 Å². The summed E-state index contributed by atoms with van der Waals surface area (Å²) in [6.45, 7) is 0.702. The largest absolute Gasteiger partial charge is 0.397 e. The Morgan fingerprint density at radius 3 is 2.81 bits per heavy atom. The molecule has 9 heteroatoms. The van der Waals surface area contributed by atoms with E-state index in [1.54, 1.807) is 0 Å². The van der Waals surface area contributed by atoms with Crippen LogP contribution < -0.4 is 11.5 Å². The van der Waals surface area contributed by atoms with Crippen LogP contribution in [-0.4, -0.2) is 49.2 Å². The van der Waals surface area contributed by atoms with Crippen LogP contribution in [0.2, 0.25) is 0 Å². The molecule has 0 saturated carbocycles. The minimum absolute atomic E-state index is 0.175. The highest BCUT2D eigenvalue weighted by Crippen LogP contribution is 2.43. The van der Waals surface area contributed by atoms with Gasteiger partial charge in [-0.25, -0.2) is 14.4 Å². The molecule has 6 N–H and O–H groups in total. The van der Waals surface area contributed by atoms with Gasteiger partial charge in [-0.2, -0.15) is 0 Å². The normalized spacial score (nSPS) is 32.9. The molecule has 0 bridgehead atoms. The van der Waals surface area contributed by atoms with Gasteiger partial charge < -0.3 is 31.0 Å². The number of alkyl halides is 1. The van der Waals surface area contributed by atoms with Crippen LogP contribution in [0.5, 0.6) is 0 Å². The Balaban J connectivity index is 2.15. The van der Waals surface area contributed by atoms with Gasteiger partial charge in [0, 0.05) is 6.20 Å². The predicted molar refractivity (Wildman–Crippen MR) is 72.9 cm³/mol. The number of halogens is 1. The minimum atomic E-state index is -2.12. The third-order valence-electron chi connectivity index (χ3n) is 3.82. The van der Waals surface area contributed by atoms with Crippen molar-refractivity contribution in [3.63, 3.8) is 0 Å². The molecule has 4 atom stereocenters. The number of aliphatic hydroxyl groups is 2. The third-order valence-corrected chi connectivity index (χ3v) is 3.82. The number of nitrogen functional groups attached to an aromatic ring is 2. The van der Waals surface area contributed by atoms with E-state index in [-0.39, 0.29) is 11.5 Å². The summed E-state index contributed by atoms with van der Waals surface area (Å²) in [7, 11) is 0. The highest BCUT2D eigenvalue weighted by atomic mass is 19.1. The van der Waals surface area contributed by atoms with Crippen molar-refractivity contribution in [3.05, 3.63) is 12.5 Å². The average molecular weight is 297 g/mol. The summed E-state index contributed by atoms with van der Waals surface area (Å²) in [6, 6.07) is 0. The molecule has 1 aliphatic rings. The highest BCUT2D eigenvalue weighted by molar-refractivity contribution is 5.97. The summed E-state index contributed by atoms with van der Waals surface area (Å²) in [4.78, 5) is 7.89. The number of hydrogen-bond acceptors (Lipinski definition) is 7. The van der Waals surface area contributed by atoms with Crippen molar-refractivity contribution in [2.45, 2.75) is 31.0 Å². The van der Waals surface area contributed by atoms with Crippen molar-refractivity contribution >= 4 is 22.5 Å². The highest BCUT2D eigenvalue weighted by Gasteiger charge is 2.55. The molecule has 1 fully saturated rings. The molecule has 0 aromatic carbocycles. The van der Waals surface area contributed by atoms with E-state index in [1.807, 2.05) is 0 Å². The summed E-state index contributed by atoms with van der Waals surface area (Å²) >= 11 is 0. The fourth-order valence-corrected chi connectivity index (χ4v) is 2.68. The third kappa shape index (κ3) is 1.85. The van der Waals surface area contributed by atoms with Crippen molar-refractivity contribution in [3.8, 4) is 0 Å². The number of anilines is 2. The molecule has 8 nitrogen and oxygen atoms in total. The number of fused-ring (bicyclic) bond motifs is 1. The standard InChI is InChI=1S/C12H16FN5O3/c1-12(13)8(20)6(3-19)21-11(12)18-2-5(14)7-9(15)16-4-17-10(7)18/h2,4,6,8,11,19-20H,3,14H2,1H3,(H2,15,16,17)/t6-,8-,11-,12-/m1/s1. The molecule has 3 rings (SSSR count). The van der Waals surface area contributed by atoms with Crippen LogP contribution >= 0.6 is 0 Å². The molecule has 0 spiro atoms. The lowest BCUT2D eigenvalue weighted by molar-refractivity contribution is -0.0563. The van der Waals surface area contributed by atoms with Crippen LogP contribution in [0.4, 0.5) is 15.9 Å². The molecule has 0 aliphatic carbocycles. The molecule has 2 aromatic rings. The first-order valence-electron chi connectivity index (χ1n) is 6.37. The summed E-state index contributed by atoms with van der Waals surface area (Å²) < 4.78 is 21.6. The van der Waals surface area contributed by atoms with Gasteiger partial charge in [0.15, 0.2) is 11.9 Å². The molecule has 1 saturated heterocycles. The van der Waals surface area contributed by atoms with E-state index in [0.717, 1.165) is 0 Å². The molecular formula is C12H16FN5O3. The van der Waals surface area contributed by atoms with E-state index in [2.05, 4.69) is 9.97 Å². The van der Waals surface area contributed by atoms with Gasteiger partial charge in [-0.1, -0.05) is 0 Å². The van der Waals surface area contributed by atoms with Crippen LogP contribution in [0.1, 0.15) is 13.2 Å². The maximum Gasteiger partial charge on any atom is 0.181 e. The lowest BCUT2D eigenvalue weighted by Crippen LogP contribution is -2.40. The summed E-state index contributed by atoms with van der Waals surface area (Å²) in [5, 5.41) is 19.5. The first-order valence-corrected chi connectivity index (χ1v) is 6.37. The summed E-state index contributed by atoms with van der Waals surface area (Å²) in [5.41, 5.74) is 10.1. The maximum absolute atomic E-state index is 14.8. The Hall–Kier alpha value is -1.97. The molecule has 2 aromatic heterocycles. The predicted octanol–water partition coefficient (Wildman–Crippen LogP) is -0.425. The number of nitrogens with zero attached hydrogens (tertiary/aromatic N) is 3. The second kappa shape index (κ2) is 4.52. The van der Waals surface area contributed by atoms with Gasteiger partial charge in [0.05, 0.1) is 17.7 Å². The Labute approximate surface area is 119 Å². The zero-order valence-corrected chi connectivity index (χ0v) is 11.3. The Bertz CT molecular complexity index is 689. The molecule has 0 amide bonds. The fraction of sp³-hybridized carbons (Fsp3) is 0.500. The molecule has 0 radical (unpaired) electrons. The van der Waals surface area contributed by atoms with Gasteiger partial charge in [-0.15, -0.1) is 0 Å². The number of hydrogen-bond donors (Lipinski definition) is 4. The number of ether oxygens (including phenoxy) is 1. The van der Waals surface area contributed by atoms with E-state index < -0.39 is 30.7 Å². The Morgan fingerprint density at radius 1 is 1.48 bits per heavy atom.